The van der Waals surface area contributed by atoms with E-state index in [1.54, 1.807) is 0 Å². The van der Waals surface area contributed by atoms with Gasteiger partial charge in [0, 0.05) is 33.9 Å². The number of rotatable bonds is 4. The van der Waals surface area contributed by atoms with Crippen molar-refractivity contribution >= 4 is 43.5 Å². The van der Waals surface area contributed by atoms with E-state index < -0.39 is 0 Å². The van der Waals surface area contributed by atoms with Gasteiger partial charge in [-0.3, -0.25) is 0 Å². The lowest BCUT2D eigenvalue weighted by Crippen LogP contribution is -2.33. The Morgan fingerprint density at radius 2 is 1.26 bits per heavy atom. The Balaban J connectivity index is 1.55. The van der Waals surface area contributed by atoms with Crippen LogP contribution in [0.4, 0.5) is 0 Å². The van der Waals surface area contributed by atoms with Gasteiger partial charge in [0.05, 0.1) is 16.7 Å². The summed E-state index contributed by atoms with van der Waals surface area (Å²) in [4.78, 5) is 0. The van der Waals surface area contributed by atoms with Crippen molar-refractivity contribution in [3.8, 4) is 16.9 Å². The molecule has 0 bridgehead atoms. The first kappa shape index (κ1) is 27.4. The molecule has 0 aliphatic rings. The molecule has 0 unspecified atom stereocenters. The van der Waals surface area contributed by atoms with Gasteiger partial charge < -0.3 is 4.57 Å². The van der Waals surface area contributed by atoms with E-state index >= 15 is 0 Å². The van der Waals surface area contributed by atoms with Crippen LogP contribution in [0.25, 0.3) is 60.4 Å². The van der Waals surface area contributed by atoms with Crippen LogP contribution in [0.5, 0.6) is 0 Å². The first-order valence-electron chi connectivity index (χ1n) is 15.6. The average molecular weight is 562 g/mol. The van der Waals surface area contributed by atoms with Crippen molar-refractivity contribution in [2.75, 3.05) is 0 Å². The van der Waals surface area contributed by atoms with Gasteiger partial charge in [-0.05, 0) is 82.5 Å². The number of nitrogens with zero attached hydrogens (tertiary/aromatic N) is 2. The molecule has 0 N–H and O–H groups in total. The molecule has 0 spiro atoms. The second-order valence-corrected chi connectivity index (χ2v) is 13.7. The van der Waals surface area contributed by atoms with E-state index in [1.165, 1.54) is 77.1 Å². The second-order valence-electron chi connectivity index (χ2n) is 13.7. The van der Waals surface area contributed by atoms with Gasteiger partial charge >= 0.3 is 0 Å². The third kappa shape index (κ3) is 4.43. The average Bonchev–Trinajstić information content (AvgIpc) is 3.32. The number of hydrogen-bond acceptors (Lipinski definition) is 0. The Labute approximate surface area is 255 Å². The van der Waals surface area contributed by atoms with Gasteiger partial charge in [0.2, 0.25) is 11.2 Å². The summed E-state index contributed by atoms with van der Waals surface area (Å²) in [6.07, 6.45) is 1.04. The molecule has 2 heterocycles. The fraction of sp³-hybridized carbons (Fsp3) is 0.244. The fourth-order valence-electron chi connectivity index (χ4n) is 7.15. The summed E-state index contributed by atoms with van der Waals surface area (Å²) >= 11 is 0. The maximum atomic E-state index is 2.47. The van der Waals surface area contributed by atoms with E-state index in [2.05, 4.69) is 161 Å². The minimum Gasteiger partial charge on any atom is -0.309 e. The quantitative estimate of drug-likeness (QED) is 0.189. The van der Waals surface area contributed by atoms with Crippen LogP contribution >= 0.6 is 0 Å². The Bertz CT molecular complexity index is 2130. The first-order valence-corrected chi connectivity index (χ1v) is 15.6. The Kier molecular flexibility index (Phi) is 6.43. The summed E-state index contributed by atoms with van der Waals surface area (Å²) in [5, 5.41) is 6.61. The molecule has 2 heteroatoms. The van der Waals surface area contributed by atoms with E-state index in [0.717, 1.165) is 6.42 Å². The Morgan fingerprint density at radius 1 is 0.674 bits per heavy atom. The smallest absolute Gasteiger partial charge is 0.215 e. The summed E-state index contributed by atoms with van der Waals surface area (Å²) in [7, 11) is 2.25. The highest BCUT2D eigenvalue weighted by atomic mass is 15.0. The number of aromatic nitrogens is 2. The van der Waals surface area contributed by atoms with Crippen LogP contribution in [0, 0.1) is 12.8 Å². The molecular weight excluding hydrogens is 520 g/mol. The number of fused-ring (bicyclic) bond motifs is 5. The van der Waals surface area contributed by atoms with Crippen molar-refractivity contribution in [2.24, 2.45) is 13.0 Å². The predicted octanol–water partition coefficient (Wildman–Crippen LogP) is 10.4. The standard InChI is InChI=1S/C41H41N2/c1-26(2)22-28-23-39(35-25-36(41(4,5)6)32-15-9-8-14-30(32)27(35)3)42(7)40-24-29(20-21-31(28)40)43-37-18-12-10-16-33(37)34-17-11-13-19-38(34)43/h8-21,23-26H,22H2,1-7H3/q+1. The zero-order valence-electron chi connectivity index (χ0n) is 26.5. The van der Waals surface area contributed by atoms with Crippen LogP contribution in [0.15, 0.2) is 103 Å². The third-order valence-electron chi connectivity index (χ3n) is 9.23. The van der Waals surface area contributed by atoms with Gasteiger partial charge in [-0.25, -0.2) is 0 Å². The first-order chi connectivity index (χ1) is 20.6. The maximum absolute atomic E-state index is 2.47. The van der Waals surface area contributed by atoms with Gasteiger partial charge in [-0.1, -0.05) is 95.3 Å². The fourth-order valence-corrected chi connectivity index (χ4v) is 7.15. The van der Waals surface area contributed by atoms with Crippen LogP contribution in [-0.2, 0) is 18.9 Å². The summed E-state index contributed by atoms with van der Waals surface area (Å²) in [6, 6.07) is 38.5. The topological polar surface area (TPSA) is 8.81 Å². The number of pyridine rings is 1. The zero-order chi connectivity index (χ0) is 30.0. The highest BCUT2D eigenvalue weighted by Gasteiger charge is 2.26. The maximum Gasteiger partial charge on any atom is 0.215 e. The van der Waals surface area contributed by atoms with E-state index in [9.17, 15) is 0 Å². The van der Waals surface area contributed by atoms with Crippen molar-refractivity contribution < 1.29 is 4.57 Å². The molecule has 0 aliphatic heterocycles. The van der Waals surface area contributed by atoms with Crippen molar-refractivity contribution in [1.29, 1.82) is 0 Å². The minimum atomic E-state index is 0.0297. The van der Waals surface area contributed by atoms with E-state index in [1.807, 2.05) is 0 Å². The lowest BCUT2D eigenvalue weighted by Gasteiger charge is -2.24. The molecule has 43 heavy (non-hydrogen) atoms. The van der Waals surface area contributed by atoms with Crippen molar-refractivity contribution in [3.63, 3.8) is 0 Å². The normalized spacial score (nSPS) is 12.4. The number of para-hydroxylation sites is 2. The largest absolute Gasteiger partial charge is 0.309 e. The molecule has 0 fully saturated rings. The van der Waals surface area contributed by atoms with Gasteiger partial charge in [0.25, 0.3) is 0 Å². The summed E-state index contributed by atoms with van der Waals surface area (Å²) < 4.78 is 4.86. The van der Waals surface area contributed by atoms with Crippen LogP contribution in [-0.4, -0.2) is 4.57 Å². The molecule has 0 radical (unpaired) electrons. The summed E-state index contributed by atoms with van der Waals surface area (Å²) in [5.74, 6) is 0.559. The molecule has 0 amide bonds. The van der Waals surface area contributed by atoms with Crippen molar-refractivity contribution in [3.05, 3.63) is 120 Å². The molecule has 0 saturated heterocycles. The molecule has 214 valence electrons. The predicted molar refractivity (Wildman–Crippen MR) is 184 cm³/mol. The molecule has 7 aromatic rings. The number of aryl methyl sites for hydroxylation is 2. The molecule has 2 aromatic heterocycles. The highest BCUT2D eigenvalue weighted by molar-refractivity contribution is 6.09. The lowest BCUT2D eigenvalue weighted by molar-refractivity contribution is -0.633. The molecule has 0 aliphatic carbocycles. The van der Waals surface area contributed by atoms with Crippen molar-refractivity contribution in [2.45, 2.75) is 53.4 Å². The van der Waals surface area contributed by atoms with E-state index in [0.29, 0.717) is 5.92 Å². The van der Waals surface area contributed by atoms with Crippen LogP contribution in [0.2, 0.25) is 0 Å². The molecule has 0 atom stereocenters. The molecule has 2 nitrogen and oxygen atoms in total. The Hall–Kier alpha value is -4.43. The number of benzene rings is 5. The molecular formula is C41H41N2+. The minimum absolute atomic E-state index is 0.0297. The molecule has 7 rings (SSSR count). The zero-order valence-corrected chi connectivity index (χ0v) is 26.5. The second kappa shape index (κ2) is 10.1. The SMILES string of the molecule is Cc1c(-c2cc(CC(C)C)c3ccc(-n4c5ccccc5c5ccccc54)cc3[n+]2C)cc(C(C)(C)C)c2ccccc12. The van der Waals surface area contributed by atoms with Gasteiger partial charge in [-0.2, -0.15) is 4.57 Å². The van der Waals surface area contributed by atoms with Gasteiger partial charge in [-0.15, -0.1) is 0 Å². The highest BCUT2D eigenvalue weighted by Crippen LogP contribution is 2.39. The van der Waals surface area contributed by atoms with Gasteiger partial charge in [0.1, 0.15) is 7.05 Å². The third-order valence-corrected chi connectivity index (χ3v) is 9.23. The summed E-state index contributed by atoms with van der Waals surface area (Å²) in [6.45, 7) is 13.9. The number of hydrogen-bond donors (Lipinski definition) is 0. The Morgan fingerprint density at radius 3 is 1.86 bits per heavy atom. The van der Waals surface area contributed by atoms with Crippen LogP contribution in [0.3, 0.4) is 0 Å². The van der Waals surface area contributed by atoms with E-state index in [-0.39, 0.29) is 5.41 Å². The van der Waals surface area contributed by atoms with Gasteiger partial charge in [0.15, 0.2) is 0 Å². The lowest BCUT2D eigenvalue weighted by atomic mass is 9.80. The van der Waals surface area contributed by atoms with Crippen LogP contribution < -0.4 is 4.57 Å². The summed E-state index contributed by atoms with van der Waals surface area (Å²) in [5.41, 5.74) is 11.7. The van der Waals surface area contributed by atoms with Crippen molar-refractivity contribution in [1.82, 2.24) is 4.57 Å². The molecule has 5 aromatic carbocycles. The molecule has 0 saturated carbocycles. The van der Waals surface area contributed by atoms with Crippen LogP contribution in [0.1, 0.15) is 51.3 Å². The monoisotopic (exact) mass is 561 g/mol. The van der Waals surface area contributed by atoms with E-state index in [4.69, 9.17) is 0 Å².